The molecule has 0 aliphatic carbocycles. The maximum absolute atomic E-state index is 12.2. The van der Waals surface area contributed by atoms with E-state index in [1.54, 1.807) is 0 Å². The van der Waals surface area contributed by atoms with Gasteiger partial charge in [-0.05, 0) is 6.42 Å². The van der Waals surface area contributed by atoms with Crippen molar-refractivity contribution in [1.29, 1.82) is 0 Å². The van der Waals surface area contributed by atoms with E-state index in [1.807, 2.05) is 6.92 Å². The molecule has 0 N–H and O–H groups in total. The first-order valence-electron chi connectivity index (χ1n) is 5.99. The van der Waals surface area contributed by atoms with Crippen molar-refractivity contribution in [3.63, 3.8) is 0 Å². The first-order chi connectivity index (χ1) is 8.22. The Labute approximate surface area is 101 Å². The molecule has 0 aromatic heterocycles. The van der Waals surface area contributed by atoms with Crippen LogP contribution >= 0.6 is 7.82 Å². The Bertz CT molecular complexity index is 256. The second-order valence-corrected chi connectivity index (χ2v) is 5.81. The Morgan fingerprint density at radius 1 is 1.12 bits per heavy atom. The lowest BCUT2D eigenvalue weighted by Gasteiger charge is -2.16. The molecule has 100 valence electrons. The van der Waals surface area contributed by atoms with E-state index >= 15 is 0 Å². The zero-order valence-electron chi connectivity index (χ0n) is 10.0. The van der Waals surface area contributed by atoms with Crippen molar-refractivity contribution in [2.75, 3.05) is 33.0 Å². The summed E-state index contributed by atoms with van der Waals surface area (Å²) < 4.78 is 37.8. The molecule has 0 bridgehead atoms. The number of phosphoric ester groups is 1. The molecule has 0 spiro atoms. The molecule has 0 saturated carbocycles. The third-order valence-corrected chi connectivity index (χ3v) is 3.82. The molecular weight excluding hydrogens is 247 g/mol. The molecular formula is C10H19O6P. The highest BCUT2D eigenvalue weighted by Crippen LogP contribution is 2.50. The molecule has 2 fully saturated rings. The molecule has 2 aliphatic rings. The minimum atomic E-state index is -3.44. The van der Waals surface area contributed by atoms with Gasteiger partial charge < -0.3 is 9.47 Å². The Morgan fingerprint density at radius 2 is 1.65 bits per heavy atom. The summed E-state index contributed by atoms with van der Waals surface area (Å²) in [6.07, 6.45) is 1.88. The molecule has 2 saturated heterocycles. The van der Waals surface area contributed by atoms with Crippen molar-refractivity contribution in [2.45, 2.75) is 32.0 Å². The lowest BCUT2D eigenvalue weighted by molar-refractivity contribution is 0.0998. The van der Waals surface area contributed by atoms with Gasteiger partial charge in [-0.2, -0.15) is 0 Å². The minimum Gasteiger partial charge on any atom is -0.371 e. The Morgan fingerprint density at radius 3 is 2.06 bits per heavy atom. The van der Waals surface area contributed by atoms with Crippen molar-refractivity contribution in [3.05, 3.63) is 0 Å². The smallest absolute Gasteiger partial charge is 0.371 e. The molecule has 7 heteroatoms. The second-order valence-electron chi connectivity index (χ2n) is 4.14. The largest absolute Gasteiger partial charge is 0.474 e. The second kappa shape index (κ2) is 6.27. The number of rotatable bonds is 10. The van der Waals surface area contributed by atoms with Crippen LogP contribution in [-0.4, -0.2) is 45.2 Å². The number of epoxide rings is 2. The van der Waals surface area contributed by atoms with Gasteiger partial charge in [0, 0.05) is 0 Å². The summed E-state index contributed by atoms with van der Waals surface area (Å²) in [5.74, 6) is 0. The van der Waals surface area contributed by atoms with Crippen LogP contribution in [0.25, 0.3) is 0 Å². The van der Waals surface area contributed by atoms with Crippen molar-refractivity contribution in [2.24, 2.45) is 0 Å². The van der Waals surface area contributed by atoms with Gasteiger partial charge in [0.05, 0.1) is 33.0 Å². The molecule has 2 heterocycles. The summed E-state index contributed by atoms with van der Waals surface area (Å²) in [6.45, 7) is 4.24. The highest BCUT2D eigenvalue weighted by atomic mass is 31.2. The van der Waals surface area contributed by atoms with E-state index in [0.717, 1.165) is 12.8 Å². The van der Waals surface area contributed by atoms with Gasteiger partial charge in [0.25, 0.3) is 0 Å². The van der Waals surface area contributed by atoms with Crippen LogP contribution in [0.4, 0.5) is 0 Å². The highest BCUT2D eigenvalue weighted by molar-refractivity contribution is 7.48. The molecule has 2 rings (SSSR count). The van der Waals surface area contributed by atoms with Crippen LogP contribution < -0.4 is 0 Å². The number of hydrogen-bond donors (Lipinski definition) is 0. The fourth-order valence-electron chi connectivity index (χ4n) is 1.11. The summed E-state index contributed by atoms with van der Waals surface area (Å²) >= 11 is 0. The predicted octanol–water partition coefficient (Wildman–Crippen LogP) is 1.74. The average molecular weight is 266 g/mol. The van der Waals surface area contributed by atoms with Crippen molar-refractivity contribution in [1.82, 2.24) is 0 Å². The molecule has 2 atom stereocenters. The quantitative estimate of drug-likeness (QED) is 0.341. The van der Waals surface area contributed by atoms with Crippen molar-refractivity contribution in [3.8, 4) is 0 Å². The summed E-state index contributed by atoms with van der Waals surface area (Å²) in [4.78, 5) is 0. The predicted molar refractivity (Wildman–Crippen MR) is 59.9 cm³/mol. The minimum absolute atomic E-state index is 0.0406. The number of phosphoric acid groups is 1. The lowest BCUT2D eigenvalue weighted by atomic mass is 10.4. The van der Waals surface area contributed by atoms with E-state index < -0.39 is 7.82 Å². The Kier molecular flexibility index (Phi) is 4.97. The molecule has 0 aromatic carbocycles. The fourth-order valence-corrected chi connectivity index (χ4v) is 2.38. The highest BCUT2D eigenvalue weighted by Gasteiger charge is 2.34. The van der Waals surface area contributed by atoms with Gasteiger partial charge in [0.1, 0.15) is 12.2 Å². The fraction of sp³-hybridized carbons (Fsp3) is 1.00. The van der Waals surface area contributed by atoms with E-state index in [2.05, 4.69) is 0 Å². The zero-order chi connectivity index (χ0) is 12.1. The molecule has 2 aliphatic heterocycles. The van der Waals surface area contributed by atoms with Gasteiger partial charge in [-0.25, -0.2) is 4.57 Å². The number of hydrogen-bond acceptors (Lipinski definition) is 6. The van der Waals surface area contributed by atoms with Crippen LogP contribution in [0, 0.1) is 0 Å². The van der Waals surface area contributed by atoms with Gasteiger partial charge >= 0.3 is 7.82 Å². The van der Waals surface area contributed by atoms with E-state index in [-0.39, 0.29) is 25.4 Å². The van der Waals surface area contributed by atoms with Crippen molar-refractivity contribution < 1.29 is 27.6 Å². The van der Waals surface area contributed by atoms with Crippen LogP contribution in [0.1, 0.15) is 19.8 Å². The normalized spacial score (nSPS) is 29.9. The summed E-state index contributed by atoms with van der Waals surface area (Å²) in [5, 5.41) is 0. The number of ether oxygens (including phenoxy) is 2. The molecule has 0 amide bonds. The molecule has 6 nitrogen and oxygen atoms in total. The average Bonchev–Trinajstić information content (AvgIpc) is 3.18. The van der Waals surface area contributed by atoms with Gasteiger partial charge in [0.2, 0.25) is 0 Å². The van der Waals surface area contributed by atoms with E-state index in [0.29, 0.717) is 19.8 Å². The van der Waals surface area contributed by atoms with E-state index in [9.17, 15) is 4.57 Å². The molecule has 2 unspecified atom stereocenters. The van der Waals surface area contributed by atoms with E-state index in [1.165, 1.54) is 0 Å². The van der Waals surface area contributed by atoms with Gasteiger partial charge in [-0.15, -0.1) is 0 Å². The van der Waals surface area contributed by atoms with E-state index in [4.69, 9.17) is 23.0 Å². The van der Waals surface area contributed by atoms with Crippen LogP contribution in [0.3, 0.4) is 0 Å². The monoisotopic (exact) mass is 266 g/mol. The van der Waals surface area contributed by atoms with Crippen molar-refractivity contribution >= 4 is 7.82 Å². The Hall–Kier alpha value is 0.0300. The maximum atomic E-state index is 12.2. The Balaban J connectivity index is 1.72. The van der Waals surface area contributed by atoms with Crippen LogP contribution in [0.5, 0.6) is 0 Å². The molecule has 17 heavy (non-hydrogen) atoms. The van der Waals surface area contributed by atoms with Crippen LogP contribution in [0.2, 0.25) is 0 Å². The third kappa shape index (κ3) is 5.46. The van der Waals surface area contributed by atoms with Crippen LogP contribution in [-0.2, 0) is 27.6 Å². The lowest BCUT2D eigenvalue weighted by Crippen LogP contribution is -2.08. The number of unbranched alkanes of at least 4 members (excludes halogenated alkanes) is 1. The SMILES string of the molecule is CCCCOP(=O)(OCC1CO1)OCC1CO1. The standard InChI is InChI=1S/C10H19O6P/c1-2-3-4-14-17(11,15-7-9-5-12-9)16-8-10-6-13-10/h9-10H,2-8H2,1H3. The van der Waals surface area contributed by atoms with Gasteiger partial charge in [0.15, 0.2) is 0 Å². The van der Waals surface area contributed by atoms with Crippen LogP contribution in [0.15, 0.2) is 0 Å². The third-order valence-electron chi connectivity index (χ3n) is 2.39. The first-order valence-corrected chi connectivity index (χ1v) is 7.45. The summed E-state index contributed by atoms with van der Waals surface area (Å²) in [6, 6.07) is 0. The van der Waals surface area contributed by atoms with Gasteiger partial charge in [-0.1, -0.05) is 13.3 Å². The molecule has 0 radical (unpaired) electrons. The summed E-state index contributed by atoms with van der Waals surface area (Å²) in [5.41, 5.74) is 0. The maximum Gasteiger partial charge on any atom is 0.474 e. The topological polar surface area (TPSA) is 69.8 Å². The summed E-state index contributed by atoms with van der Waals surface area (Å²) in [7, 11) is -3.44. The zero-order valence-corrected chi connectivity index (χ0v) is 10.9. The van der Waals surface area contributed by atoms with Gasteiger partial charge in [-0.3, -0.25) is 13.6 Å². The molecule has 0 aromatic rings. The first kappa shape index (κ1) is 13.5.